The Morgan fingerprint density at radius 2 is 1.77 bits per heavy atom. The van der Waals surface area contributed by atoms with Crippen molar-refractivity contribution in [3.63, 3.8) is 0 Å². The van der Waals surface area contributed by atoms with Gasteiger partial charge in [0.1, 0.15) is 12.1 Å². The fourth-order valence-electron chi connectivity index (χ4n) is 4.11. The summed E-state index contributed by atoms with van der Waals surface area (Å²) in [6, 6.07) is 14.9. The zero-order valence-corrected chi connectivity index (χ0v) is 18.0. The molecule has 0 radical (unpaired) electrons. The first-order chi connectivity index (χ1) is 15.2. The number of hydrogen-bond acceptors (Lipinski definition) is 7. The van der Waals surface area contributed by atoms with Crippen molar-refractivity contribution in [2.24, 2.45) is 0 Å². The second-order valence-electron chi connectivity index (χ2n) is 8.11. The Morgan fingerprint density at radius 1 is 1.00 bits per heavy atom. The summed E-state index contributed by atoms with van der Waals surface area (Å²) >= 11 is 0. The summed E-state index contributed by atoms with van der Waals surface area (Å²) in [6.45, 7) is 8.12. The van der Waals surface area contributed by atoms with E-state index in [9.17, 15) is 0 Å². The van der Waals surface area contributed by atoms with Gasteiger partial charge in [0.05, 0.1) is 32.1 Å². The maximum Gasteiger partial charge on any atom is 0.246 e. The fourth-order valence-corrected chi connectivity index (χ4v) is 4.11. The van der Waals surface area contributed by atoms with E-state index in [0.29, 0.717) is 12.0 Å². The van der Waals surface area contributed by atoms with Gasteiger partial charge in [0.25, 0.3) is 0 Å². The molecule has 0 unspecified atom stereocenters. The molecule has 0 bridgehead atoms. The van der Waals surface area contributed by atoms with E-state index in [-0.39, 0.29) is 0 Å². The number of hydrogen-bond donors (Lipinski definition) is 1. The van der Waals surface area contributed by atoms with E-state index in [2.05, 4.69) is 50.3 Å². The van der Waals surface area contributed by atoms with Crippen LogP contribution in [0, 0.1) is 6.92 Å². The van der Waals surface area contributed by atoms with E-state index in [4.69, 9.17) is 9.47 Å². The van der Waals surface area contributed by atoms with E-state index in [1.807, 2.05) is 24.3 Å². The minimum Gasteiger partial charge on any atom is -0.497 e. The van der Waals surface area contributed by atoms with Crippen LogP contribution in [0.2, 0.25) is 0 Å². The minimum absolute atomic E-state index is 0.571. The molecule has 2 aliphatic rings. The van der Waals surface area contributed by atoms with Gasteiger partial charge in [0, 0.05) is 37.6 Å². The quantitative estimate of drug-likeness (QED) is 0.658. The van der Waals surface area contributed by atoms with Crippen LogP contribution < -0.4 is 15.0 Å². The minimum atomic E-state index is 0.571. The van der Waals surface area contributed by atoms with Crippen LogP contribution in [0.5, 0.6) is 5.75 Å². The van der Waals surface area contributed by atoms with Crippen LogP contribution in [-0.4, -0.2) is 72.2 Å². The molecule has 2 saturated heterocycles. The number of piperazine rings is 1. The summed E-state index contributed by atoms with van der Waals surface area (Å²) in [5.74, 6) is 1.39. The lowest BCUT2D eigenvalue weighted by molar-refractivity contribution is -0.0660. The smallest absolute Gasteiger partial charge is 0.246 e. The zero-order chi connectivity index (χ0) is 21.2. The number of aromatic nitrogens is 3. The van der Waals surface area contributed by atoms with Gasteiger partial charge in [-0.25, -0.2) is 4.68 Å². The molecule has 2 fully saturated rings. The number of anilines is 3. The van der Waals surface area contributed by atoms with Crippen molar-refractivity contribution in [3.05, 3.63) is 54.4 Å². The highest BCUT2D eigenvalue weighted by Crippen LogP contribution is 2.26. The standard InChI is InChI=1S/C23H28N6O2/c1-17-11-18(13-20(12-17)27-7-9-28(10-8-27)21-14-31-15-21)25-23-24-16-29(26-23)19-3-5-22(30-2)6-4-19/h3-6,11-13,16,21H,7-10,14-15H2,1-2H3,(H,25,26). The molecule has 8 nitrogen and oxygen atoms in total. The fraction of sp³-hybridized carbons (Fsp3) is 0.391. The highest BCUT2D eigenvalue weighted by molar-refractivity contribution is 5.64. The zero-order valence-electron chi connectivity index (χ0n) is 18.0. The second kappa shape index (κ2) is 8.56. The molecule has 8 heteroatoms. The van der Waals surface area contributed by atoms with Gasteiger partial charge >= 0.3 is 0 Å². The number of nitrogens with zero attached hydrogens (tertiary/aromatic N) is 5. The number of nitrogens with one attached hydrogen (secondary N) is 1. The summed E-state index contributed by atoms with van der Waals surface area (Å²) in [5.41, 5.74) is 4.38. The van der Waals surface area contributed by atoms with Crippen LogP contribution in [0.15, 0.2) is 48.8 Å². The van der Waals surface area contributed by atoms with Crippen LogP contribution >= 0.6 is 0 Å². The first-order valence-electron chi connectivity index (χ1n) is 10.7. The third kappa shape index (κ3) is 4.35. The Labute approximate surface area is 182 Å². The lowest BCUT2D eigenvalue weighted by Crippen LogP contribution is -2.56. The molecule has 3 aromatic rings. The maximum atomic E-state index is 5.35. The topological polar surface area (TPSA) is 67.7 Å². The van der Waals surface area contributed by atoms with Crippen LogP contribution in [-0.2, 0) is 4.74 Å². The van der Waals surface area contributed by atoms with Gasteiger partial charge in [-0.15, -0.1) is 5.10 Å². The molecular formula is C23H28N6O2. The van der Waals surface area contributed by atoms with E-state index in [1.54, 1.807) is 18.1 Å². The molecule has 31 heavy (non-hydrogen) atoms. The molecule has 0 atom stereocenters. The van der Waals surface area contributed by atoms with Crippen molar-refractivity contribution < 1.29 is 9.47 Å². The van der Waals surface area contributed by atoms with E-state index in [0.717, 1.165) is 56.5 Å². The Morgan fingerprint density at radius 3 is 2.45 bits per heavy atom. The number of benzene rings is 2. The van der Waals surface area contributed by atoms with Gasteiger partial charge in [-0.05, 0) is 55.0 Å². The van der Waals surface area contributed by atoms with Gasteiger partial charge in [-0.3, -0.25) is 4.90 Å². The third-order valence-electron chi connectivity index (χ3n) is 5.96. The average molecular weight is 421 g/mol. The highest BCUT2D eigenvalue weighted by atomic mass is 16.5. The molecule has 1 aromatic heterocycles. The average Bonchev–Trinajstić information content (AvgIpc) is 3.21. The number of methoxy groups -OCH3 is 1. The van der Waals surface area contributed by atoms with Crippen molar-refractivity contribution in [3.8, 4) is 11.4 Å². The van der Waals surface area contributed by atoms with Gasteiger partial charge in [0.15, 0.2) is 0 Å². The third-order valence-corrected chi connectivity index (χ3v) is 5.96. The number of rotatable bonds is 6. The Balaban J connectivity index is 1.27. The Bertz CT molecular complexity index is 1020. The molecule has 0 aliphatic carbocycles. The van der Waals surface area contributed by atoms with E-state index in [1.165, 1.54) is 11.3 Å². The highest BCUT2D eigenvalue weighted by Gasteiger charge is 2.29. The first-order valence-corrected chi connectivity index (χ1v) is 10.7. The van der Waals surface area contributed by atoms with Crippen LogP contribution in [0.1, 0.15) is 5.56 Å². The Kier molecular flexibility index (Phi) is 5.48. The largest absolute Gasteiger partial charge is 0.497 e. The molecule has 2 aliphatic heterocycles. The van der Waals surface area contributed by atoms with Gasteiger partial charge in [-0.1, -0.05) is 0 Å². The normalized spacial score (nSPS) is 17.4. The SMILES string of the molecule is COc1ccc(-n2cnc(Nc3cc(C)cc(N4CCN(C5COC5)CC4)c3)n2)cc1. The Hall–Kier alpha value is -3.10. The summed E-state index contributed by atoms with van der Waals surface area (Å²) in [6.07, 6.45) is 1.71. The number of ether oxygens (including phenoxy) is 2. The summed E-state index contributed by atoms with van der Waals surface area (Å²) in [7, 11) is 1.66. The lowest BCUT2D eigenvalue weighted by Gasteiger charge is -2.43. The summed E-state index contributed by atoms with van der Waals surface area (Å²) in [5, 5.41) is 7.93. The summed E-state index contributed by atoms with van der Waals surface area (Å²) < 4.78 is 12.3. The van der Waals surface area contributed by atoms with E-state index >= 15 is 0 Å². The van der Waals surface area contributed by atoms with Gasteiger partial charge in [0.2, 0.25) is 5.95 Å². The predicted molar refractivity (Wildman–Crippen MR) is 121 cm³/mol. The van der Waals surface area contributed by atoms with Crippen molar-refractivity contribution in [2.45, 2.75) is 13.0 Å². The van der Waals surface area contributed by atoms with Crippen molar-refractivity contribution in [1.82, 2.24) is 19.7 Å². The summed E-state index contributed by atoms with van der Waals surface area (Å²) in [4.78, 5) is 9.43. The number of aryl methyl sites for hydroxylation is 1. The van der Waals surface area contributed by atoms with Gasteiger partial charge in [-0.2, -0.15) is 4.98 Å². The molecule has 162 valence electrons. The second-order valence-corrected chi connectivity index (χ2v) is 8.11. The molecule has 1 N–H and O–H groups in total. The monoisotopic (exact) mass is 420 g/mol. The van der Waals surface area contributed by atoms with Gasteiger partial charge < -0.3 is 19.7 Å². The van der Waals surface area contributed by atoms with Crippen molar-refractivity contribution in [2.75, 3.05) is 56.7 Å². The maximum absolute atomic E-state index is 5.35. The van der Waals surface area contributed by atoms with Crippen LogP contribution in [0.3, 0.4) is 0 Å². The lowest BCUT2D eigenvalue weighted by atomic mass is 10.1. The van der Waals surface area contributed by atoms with Crippen molar-refractivity contribution in [1.29, 1.82) is 0 Å². The first kappa shape index (κ1) is 19.8. The molecule has 2 aromatic carbocycles. The molecule has 3 heterocycles. The van der Waals surface area contributed by atoms with Crippen LogP contribution in [0.4, 0.5) is 17.3 Å². The van der Waals surface area contributed by atoms with Crippen LogP contribution in [0.25, 0.3) is 5.69 Å². The molecule has 0 amide bonds. The predicted octanol–water partition coefficient (Wildman–Crippen LogP) is 2.85. The molecular weight excluding hydrogens is 392 g/mol. The van der Waals surface area contributed by atoms with Crippen molar-refractivity contribution >= 4 is 17.3 Å². The molecule has 0 saturated carbocycles. The molecule has 5 rings (SSSR count). The van der Waals surface area contributed by atoms with E-state index < -0.39 is 0 Å². The molecule has 0 spiro atoms.